The first-order chi connectivity index (χ1) is 26.3. The van der Waals surface area contributed by atoms with Crippen molar-refractivity contribution in [3.63, 3.8) is 0 Å². The zero-order chi connectivity index (χ0) is 34.9. The number of thiophene rings is 1. The highest BCUT2D eigenvalue weighted by molar-refractivity contribution is 7.27. The summed E-state index contributed by atoms with van der Waals surface area (Å²) < 4.78 is 2.63. The fourth-order valence-electron chi connectivity index (χ4n) is 8.53. The van der Waals surface area contributed by atoms with Crippen LogP contribution in [0.2, 0.25) is 0 Å². The monoisotopic (exact) mass is 688 g/mol. The van der Waals surface area contributed by atoms with Gasteiger partial charge in [0.15, 0.2) is 0 Å². The smallest absolute Gasteiger partial charge is 0.0434 e. The molecule has 0 aliphatic carbocycles. The van der Waals surface area contributed by atoms with Gasteiger partial charge in [-0.1, -0.05) is 158 Å². The van der Waals surface area contributed by atoms with Crippen LogP contribution in [0.4, 0.5) is 0 Å². The quantitative estimate of drug-likeness (QED) is 0.162. The topological polar surface area (TPSA) is 0 Å². The van der Waals surface area contributed by atoms with E-state index in [0.717, 1.165) is 0 Å². The van der Waals surface area contributed by atoms with Crippen LogP contribution in [-0.4, -0.2) is 0 Å². The molecule has 0 N–H and O–H groups in total. The van der Waals surface area contributed by atoms with E-state index in [-0.39, 0.29) is 0 Å². The number of hydrogen-bond acceptors (Lipinski definition) is 1. The molecule has 1 aromatic heterocycles. The Morgan fingerprint density at radius 1 is 0.226 bits per heavy atom. The maximum absolute atomic E-state index is 2.44. The minimum Gasteiger partial charge on any atom is -0.134 e. The Balaban J connectivity index is 1.31. The van der Waals surface area contributed by atoms with E-state index in [0.29, 0.717) is 0 Å². The molecule has 0 unspecified atom stereocenters. The van der Waals surface area contributed by atoms with E-state index in [4.69, 9.17) is 0 Å². The first-order valence-electron chi connectivity index (χ1n) is 18.3. The molecule has 0 aliphatic heterocycles. The third-order valence-electron chi connectivity index (χ3n) is 11.0. The number of rotatable bonds is 4. The van der Waals surface area contributed by atoms with Crippen molar-refractivity contribution in [3.8, 4) is 44.5 Å². The van der Waals surface area contributed by atoms with Crippen LogP contribution in [0, 0.1) is 0 Å². The van der Waals surface area contributed by atoms with Crippen LogP contribution in [0.1, 0.15) is 0 Å². The summed E-state index contributed by atoms with van der Waals surface area (Å²) in [7, 11) is 0. The SMILES string of the molecule is c1ccc(-c2cc(-c3cc4ccccc4c4ccccc34)c3sc4c(-c5cc6ccccc6c6ccccc56)cc(-c5ccccc5)cc4c3c2)cc1. The molecule has 0 aliphatic rings. The molecule has 53 heavy (non-hydrogen) atoms. The summed E-state index contributed by atoms with van der Waals surface area (Å²) in [6.07, 6.45) is 0. The molecule has 0 atom stereocenters. The van der Waals surface area contributed by atoms with Gasteiger partial charge >= 0.3 is 0 Å². The zero-order valence-electron chi connectivity index (χ0n) is 28.9. The zero-order valence-corrected chi connectivity index (χ0v) is 29.7. The van der Waals surface area contributed by atoms with Gasteiger partial charge in [0.25, 0.3) is 0 Å². The normalized spacial score (nSPS) is 11.8. The molecule has 0 spiro atoms. The molecule has 0 amide bonds. The second kappa shape index (κ2) is 12.0. The Morgan fingerprint density at radius 3 is 1.02 bits per heavy atom. The van der Waals surface area contributed by atoms with Gasteiger partial charge in [-0.05, 0) is 113 Å². The molecule has 0 radical (unpaired) electrons. The fraction of sp³-hybridized carbons (Fsp3) is 0. The standard InChI is InChI=1S/C52H32S/c1-3-15-33(16-4-1)37-29-47(45-27-35-19-7-9-21-39(35)41-23-11-13-25-43(41)45)51-49(31-37)50-32-38(34-17-5-2-6-18-34)30-48(52(50)53-51)46-28-36-20-8-10-22-40(36)42-24-12-14-26-44(42)46/h1-32H. The molecule has 10 aromatic carbocycles. The Morgan fingerprint density at radius 2 is 0.585 bits per heavy atom. The van der Waals surface area contributed by atoms with Crippen LogP contribution in [0.25, 0.3) is 108 Å². The molecule has 11 rings (SSSR count). The van der Waals surface area contributed by atoms with Crippen molar-refractivity contribution in [1.29, 1.82) is 0 Å². The molecule has 0 saturated carbocycles. The van der Waals surface area contributed by atoms with Gasteiger partial charge in [-0.3, -0.25) is 0 Å². The van der Waals surface area contributed by atoms with Gasteiger partial charge in [0.1, 0.15) is 0 Å². The number of benzene rings is 10. The summed E-state index contributed by atoms with van der Waals surface area (Å²) in [4.78, 5) is 0. The average Bonchev–Trinajstić information content (AvgIpc) is 3.62. The second-order valence-corrected chi connectivity index (χ2v) is 15.0. The van der Waals surface area contributed by atoms with Gasteiger partial charge in [0.05, 0.1) is 0 Å². The summed E-state index contributed by atoms with van der Waals surface area (Å²) >= 11 is 1.94. The lowest BCUT2D eigenvalue weighted by atomic mass is 9.89. The second-order valence-electron chi connectivity index (χ2n) is 14.0. The van der Waals surface area contributed by atoms with Crippen molar-refractivity contribution >= 4 is 74.6 Å². The van der Waals surface area contributed by atoms with Gasteiger partial charge < -0.3 is 0 Å². The lowest BCUT2D eigenvalue weighted by Gasteiger charge is -2.14. The van der Waals surface area contributed by atoms with E-state index in [9.17, 15) is 0 Å². The van der Waals surface area contributed by atoms with Crippen LogP contribution in [0.5, 0.6) is 0 Å². The van der Waals surface area contributed by atoms with Crippen molar-refractivity contribution in [3.05, 3.63) is 194 Å². The van der Waals surface area contributed by atoms with E-state index in [2.05, 4.69) is 194 Å². The summed E-state index contributed by atoms with van der Waals surface area (Å²) in [5, 5.41) is 12.8. The fourth-order valence-corrected chi connectivity index (χ4v) is 9.85. The van der Waals surface area contributed by atoms with Crippen LogP contribution in [0.15, 0.2) is 194 Å². The molecule has 0 saturated heterocycles. The summed E-state index contributed by atoms with van der Waals surface area (Å²) in [5.41, 5.74) is 10.0. The molecule has 0 bridgehead atoms. The van der Waals surface area contributed by atoms with Crippen LogP contribution in [0.3, 0.4) is 0 Å². The summed E-state index contributed by atoms with van der Waals surface area (Å²) in [6, 6.07) is 71.8. The van der Waals surface area contributed by atoms with Crippen LogP contribution < -0.4 is 0 Å². The van der Waals surface area contributed by atoms with Gasteiger partial charge in [-0.2, -0.15) is 0 Å². The van der Waals surface area contributed by atoms with E-state index >= 15 is 0 Å². The van der Waals surface area contributed by atoms with Crippen LogP contribution >= 0.6 is 11.3 Å². The summed E-state index contributed by atoms with van der Waals surface area (Å²) in [5.74, 6) is 0. The van der Waals surface area contributed by atoms with E-state index in [1.165, 1.54) is 108 Å². The van der Waals surface area contributed by atoms with E-state index in [1.54, 1.807) is 0 Å². The van der Waals surface area contributed by atoms with Crippen molar-refractivity contribution in [2.24, 2.45) is 0 Å². The minimum atomic E-state index is 1.22. The Kier molecular flexibility index (Phi) is 6.83. The van der Waals surface area contributed by atoms with Crippen molar-refractivity contribution in [2.45, 2.75) is 0 Å². The van der Waals surface area contributed by atoms with Crippen molar-refractivity contribution < 1.29 is 0 Å². The van der Waals surface area contributed by atoms with E-state index in [1.807, 2.05) is 11.3 Å². The van der Waals surface area contributed by atoms with Gasteiger partial charge in [-0.15, -0.1) is 11.3 Å². The number of hydrogen-bond donors (Lipinski definition) is 0. The van der Waals surface area contributed by atoms with Crippen LogP contribution in [-0.2, 0) is 0 Å². The predicted molar refractivity (Wildman–Crippen MR) is 231 cm³/mol. The minimum absolute atomic E-state index is 1.22. The van der Waals surface area contributed by atoms with Crippen molar-refractivity contribution in [2.75, 3.05) is 0 Å². The maximum Gasteiger partial charge on any atom is 0.0434 e. The Bertz CT molecular complexity index is 2990. The third kappa shape index (κ3) is 4.82. The Labute approximate surface area is 311 Å². The van der Waals surface area contributed by atoms with Gasteiger partial charge in [-0.25, -0.2) is 0 Å². The van der Waals surface area contributed by atoms with E-state index < -0.39 is 0 Å². The first kappa shape index (κ1) is 30.1. The Hall–Kier alpha value is -6.54. The third-order valence-corrected chi connectivity index (χ3v) is 12.3. The molecule has 1 heterocycles. The highest BCUT2D eigenvalue weighted by Crippen LogP contribution is 2.50. The van der Waals surface area contributed by atoms with Gasteiger partial charge in [0.2, 0.25) is 0 Å². The average molecular weight is 689 g/mol. The van der Waals surface area contributed by atoms with Gasteiger partial charge in [0, 0.05) is 31.3 Å². The lowest BCUT2D eigenvalue weighted by molar-refractivity contribution is 1.64. The molecule has 246 valence electrons. The largest absolute Gasteiger partial charge is 0.134 e. The molecule has 0 fully saturated rings. The van der Waals surface area contributed by atoms with Crippen molar-refractivity contribution in [1.82, 2.24) is 0 Å². The predicted octanol–water partition coefficient (Wildman–Crippen LogP) is 15.3. The highest BCUT2D eigenvalue weighted by Gasteiger charge is 2.21. The maximum atomic E-state index is 2.44. The molecule has 11 aromatic rings. The molecular weight excluding hydrogens is 657 g/mol. The molecule has 0 nitrogen and oxygen atoms in total. The summed E-state index contributed by atoms with van der Waals surface area (Å²) in [6.45, 7) is 0. The molecular formula is C52H32S. The first-order valence-corrected chi connectivity index (χ1v) is 19.1. The number of fused-ring (bicyclic) bond motifs is 9. The lowest BCUT2D eigenvalue weighted by Crippen LogP contribution is -1.88. The molecule has 1 heteroatoms. The highest BCUT2D eigenvalue weighted by atomic mass is 32.1.